The Labute approximate surface area is 788 Å². The van der Waals surface area contributed by atoms with Gasteiger partial charge in [0, 0.05) is 67.2 Å². The molecule has 16 aromatic carbocycles. The number of aromatic nitrogens is 4. The number of hydrogen-bond acceptors (Lipinski definition) is 0. The van der Waals surface area contributed by atoms with E-state index in [0.717, 1.165) is 25.7 Å². The van der Waals surface area contributed by atoms with Crippen LogP contribution in [0.25, 0.3) is 131 Å². The first-order valence-corrected chi connectivity index (χ1v) is 48.8. The summed E-state index contributed by atoms with van der Waals surface area (Å²) >= 11 is 0. The van der Waals surface area contributed by atoms with Crippen LogP contribution in [-0.4, -0.2) is 19.9 Å². The number of benzene rings is 16. The molecule has 5 heterocycles. The Kier molecular flexibility index (Phi) is 30.9. The fourth-order valence-electron chi connectivity index (χ4n) is 20.0. The molecule has 132 heavy (non-hydrogen) atoms. The van der Waals surface area contributed by atoms with Crippen molar-refractivity contribution >= 4 is 86.2 Å². The van der Waals surface area contributed by atoms with Crippen molar-refractivity contribution in [1.82, 2.24) is 19.9 Å². The molecule has 0 unspecified atom stereocenters. The third-order valence-corrected chi connectivity index (χ3v) is 28.4. The van der Waals surface area contributed by atoms with E-state index in [9.17, 15) is 0 Å². The third-order valence-electron chi connectivity index (χ3n) is 28.4. The molecule has 4 aromatic heterocycles. The number of aromatic amines is 4. The van der Waals surface area contributed by atoms with Crippen LogP contribution in [-0.2, 0) is 21.7 Å². The predicted molar refractivity (Wildman–Crippen MR) is 581 cm³/mol. The lowest BCUT2D eigenvalue weighted by molar-refractivity contribution is 0.474. The van der Waals surface area contributed by atoms with E-state index in [0.29, 0.717) is 0 Å². The molecule has 8 bridgehead atoms. The van der Waals surface area contributed by atoms with Crippen LogP contribution < -0.4 is 0 Å². The second-order valence-electron chi connectivity index (χ2n) is 35.7. The summed E-state index contributed by atoms with van der Waals surface area (Å²) in [5, 5.41) is 21.1. The maximum absolute atomic E-state index is 3.90. The van der Waals surface area contributed by atoms with Crippen molar-refractivity contribution in [3.8, 4) is 44.5 Å². The second kappa shape index (κ2) is 42.3. The summed E-state index contributed by atoms with van der Waals surface area (Å²) in [4.78, 5) is 15.6. The van der Waals surface area contributed by atoms with Gasteiger partial charge in [-0.1, -0.05) is 374 Å². The van der Waals surface area contributed by atoms with Crippen LogP contribution in [0, 0.1) is 55.4 Å². The van der Waals surface area contributed by atoms with Crippen molar-refractivity contribution in [3.63, 3.8) is 0 Å². The standard InChI is InChI=1S/C32H44N4.4C22H18.4C2H6/c1-9-29(5)21-13-15-23(33-21)30(6,10-2)25-17-19-27(35-25)32(8,12-4)28-20-18-26(36-28)31(7,11-3)24-16-14-22(29)34-24;4*1-15-11-13-17-7-3-5-9-19(17)21(15)22-16(2)12-14-18-8-4-6-10-20(18)22;4*1-2/h13-20,33-36H,9-12H2,1-8H3;4*3-14H,1-2H3;4*1-2H3. The maximum Gasteiger partial charge on any atom is 0.0473 e. The first-order valence-electron chi connectivity index (χ1n) is 48.8. The molecule has 672 valence electrons. The number of H-pyrrole nitrogens is 4. The molecule has 0 atom stereocenters. The topological polar surface area (TPSA) is 63.2 Å². The van der Waals surface area contributed by atoms with Gasteiger partial charge in [-0.25, -0.2) is 0 Å². The highest BCUT2D eigenvalue weighted by Gasteiger charge is 2.40. The molecular weight excluding hydrogens is 1590 g/mol. The molecule has 0 saturated heterocycles. The summed E-state index contributed by atoms with van der Waals surface area (Å²) in [6, 6.07) is 123. The number of hydrogen-bond donors (Lipinski definition) is 4. The number of nitrogens with one attached hydrogen (secondary N) is 4. The highest BCUT2D eigenvalue weighted by Crippen LogP contribution is 2.48. The predicted octanol–water partition coefficient (Wildman–Crippen LogP) is 37.4. The molecule has 0 fully saturated rings. The molecular formula is C128H140N4. The first-order chi connectivity index (χ1) is 64.1. The molecule has 21 rings (SSSR count). The monoisotopic (exact) mass is 1730 g/mol. The molecule has 0 amide bonds. The molecule has 0 radical (unpaired) electrons. The Morgan fingerprint density at radius 2 is 0.258 bits per heavy atom. The lowest BCUT2D eigenvalue weighted by atomic mass is 9.80. The average Bonchev–Trinajstić information content (AvgIpc) is 1.55. The van der Waals surface area contributed by atoms with Gasteiger partial charge in [-0.2, -0.15) is 0 Å². The van der Waals surface area contributed by atoms with E-state index in [1.165, 1.54) is 221 Å². The van der Waals surface area contributed by atoms with Crippen molar-refractivity contribution in [2.24, 2.45) is 0 Å². The SMILES string of the molecule is CC.CC.CC.CC.CCC1(C)c2ccc([nH]2)C(C)(CC)c2ccc([nH]2)C(C)(CC)c2ccc([nH]2)C(C)(CC)c2ccc1[nH]2.Cc1ccc2ccccc2c1-c1c(C)ccc2ccccc12.Cc1ccc2ccccc2c1-c1c(C)ccc2ccccc12.Cc1ccc2ccccc2c1-c1c(C)ccc2ccccc12.Cc1ccc2ccccc2c1-c1c(C)ccc2ccccc12. The van der Waals surface area contributed by atoms with Crippen molar-refractivity contribution in [1.29, 1.82) is 0 Å². The molecule has 4 heteroatoms. The lowest BCUT2D eigenvalue weighted by Crippen LogP contribution is -2.29. The zero-order chi connectivity index (χ0) is 94.3. The first kappa shape index (κ1) is 96.3. The van der Waals surface area contributed by atoms with Crippen LogP contribution >= 0.6 is 0 Å². The van der Waals surface area contributed by atoms with E-state index in [-0.39, 0.29) is 21.7 Å². The summed E-state index contributed by atoms with van der Waals surface area (Å²) in [5.41, 5.74) is 31.2. The van der Waals surface area contributed by atoms with Crippen LogP contribution in [0.1, 0.15) is 227 Å². The van der Waals surface area contributed by atoms with Crippen LogP contribution in [0.15, 0.2) is 340 Å². The molecule has 1 aliphatic heterocycles. The van der Waals surface area contributed by atoms with Crippen LogP contribution in [0.5, 0.6) is 0 Å². The molecule has 1 aliphatic rings. The Hall–Kier alpha value is -13.3. The van der Waals surface area contributed by atoms with Gasteiger partial charge in [-0.3, -0.25) is 0 Å². The average molecular weight is 1730 g/mol. The van der Waals surface area contributed by atoms with E-state index in [4.69, 9.17) is 0 Å². The van der Waals surface area contributed by atoms with E-state index in [1.54, 1.807) is 0 Å². The quantitative estimate of drug-likeness (QED) is 0.117. The van der Waals surface area contributed by atoms with Crippen LogP contribution in [0.4, 0.5) is 0 Å². The lowest BCUT2D eigenvalue weighted by Gasteiger charge is -2.32. The van der Waals surface area contributed by atoms with Gasteiger partial charge in [-0.15, -0.1) is 0 Å². The summed E-state index contributed by atoms with van der Waals surface area (Å²) < 4.78 is 0. The molecule has 0 saturated carbocycles. The van der Waals surface area contributed by atoms with Gasteiger partial charge < -0.3 is 19.9 Å². The molecule has 4 N–H and O–H groups in total. The molecule has 0 aliphatic carbocycles. The van der Waals surface area contributed by atoms with Gasteiger partial charge in [0.05, 0.1) is 0 Å². The Morgan fingerprint density at radius 1 is 0.152 bits per heavy atom. The summed E-state index contributed by atoms with van der Waals surface area (Å²) in [7, 11) is 0. The summed E-state index contributed by atoms with van der Waals surface area (Å²) in [6.07, 6.45) is 4.03. The van der Waals surface area contributed by atoms with Crippen molar-refractivity contribution in [2.45, 2.75) is 214 Å². The van der Waals surface area contributed by atoms with Crippen molar-refractivity contribution in [3.05, 3.63) is 430 Å². The Morgan fingerprint density at radius 3 is 0.364 bits per heavy atom. The van der Waals surface area contributed by atoms with Crippen molar-refractivity contribution in [2.75, 3.05) is 0 Å². The van der Waals surface area contributed by atoms with Gasteiger partial charge in [-0.05, 0) is 332 Å². The Balaban J connectivity index is 0.000000140. The van der Waals surface area contributed by atoms with Gasteiger partial charge in [0.1, 0.15) is 0 Å². The number of fused-ring (bicyclic) bond motifs is 16. The van der Waals surface area contributed by atoms with Gasteiger partial charge in [0.25, 0.3) is 0 Å². The largest absolute Gasteiger partial charge is 0.361 e. The van der Waals surface area contributed by atoms with Gasteiger partial charge >= 0.3 is 0 Å². The minimum absolute atomic E-state index is 0.126. The summed E-state index contributed by atoms with van der Waals surface area (Å²) in [5.74, 6) is 0. The minimum Gasteiger partial charge on any atom is -0.361 e. The maximum atomic E-state index is 3.90. The number of rotatable bonds is 8. The Bertz CT molecular complexity index is 6080. The second-order valence-corrected chi connectivity index (χ2v) is 35.7. The fourth-order valence-corrected chi connectivity index (χ4v) is 20.0. The van der Waals surface area contributed by atoms with E-state index in [1.807, 2.05) is 55.4 Å². The molecule has 20 aromatic rings. The van der Waals surface area contributed by atoms with Crippen LogP contribution in [0.2, 0.25) is 0 Å². The van der Waals surface area contributed by atoms with Crippen LogP contribution in [0.3, 0.4) is 0 Å². The van der Waals surface area contributed by atoms with Gasteiger partial charge in [0.15, 0.2) is 0 Å². The number of aryl methyl sites for hydroxylation is 8. The van der Waals surface area contributed by atoms with E-state index < -0.39 is 0 Å². The highest BCUT2D eigenvalue weighted by molar-refractivity contribution is 6.12. The highest BCUT2D eigenvalue weighted by atomic mass is 14.9. The third kappa shape index (κ3) is 18.5. The zero-order valence-electron chi connectivity index (χ0n) is 83.2. The van der Waals surface area contributed by atoms with Gasteiger partial charge in [0.2, 0.25) is 0 Å². The fraction of sp³-hybridized carbons (Fsp3) is 0.250. The minimum atomic E-state index is -0.126. The zero-order valence-corrected chi connectivity index (χ0v) is 83.2. The molecule has 0 spiro atoms. The normalized spacial score (nSPS) is 15.8. The summed E-state index contributed by atoms with van der Waals surface area (Å²) in [6.45, 7) is 52.3. The van der Waals surface area contributed by atoms with E-state index >= 15 is 0 Å². The van der Waals surface area contributed by atoms with E-state index in [2.05, 4.69) is 470 Å². The molecule has 4 nitrogen and oxygen atoms in total. The smallest absolute Gasteiger partial charge is 0.0473 e. The van der Waals surface area contributed by atoms with Crippen molar-refractivity contribution < 1.29 is 0 Å².